The monoisotopic (exact) mass is 308 g/mol. The molecular formula is C15H20N2O5. The van der Waals surface area contributed by atoms with Crippen molar-refractivity contribution in [2.45, 2.75) is 33.4 Å². The fourth-order valence-electron chi connectivity index (χ4n) is 2.61. The lowest BCUT2D eigenvalue weighted by Crippen LogP contribution is -2.47. The Hall–Kier alpha value is -2.15. The highest BCUT2D eigenvalue weighted by Gasteiger charge is 2.36. The Balaban J connectivity index is 2.59. The molecule has 0 saturated heterocycles. The molecule has 7 nitrogen and oxygen atoms in total. The van der Waals surface area contributed by atoms with Crippen LogP contribution in [0.2, 0.25) is 0 Å². The zero-order valence-electron chi connectivity index (χ0n) is 13.1. The van der Waals surface area contributed by atoms with Crippen molar-refractivity contribution in [2.75, 3.05) is 18.6 Å². The summed E-state index contributed by atoms with van der Waals surface area (Å²) in [5.74, 6) is -0.902. The van der Waals surface area contributed by atoms with Gasteiger partial charge in [-0.05, 0) is 25.0 Å². The molecule has 1 aromatic heterocycles. The Bertz CT molecular complexity index is 602. The maximum absolute atomic E-state index is 11.9. The number of aliphatic hydroxyl groups excluding tert-OH is 1. The van der Waals surface area contributed by atoms with E-state index in [9.17, 15) is 14.7 Å². The second-order valence-corrected chi connectivity index (χ2v) is 5.23. The Labute approximate surface area is 128 Å². The number of anilines is 1. The van der Waals surface area contributed by atoms with Crippen LogP contribution in [0.5, 0.6) is 5.88 Å². The standard InChI is InChI=1S/C15H20N2O5/c1-5-22-15(20)11-7-10-6-8(2)14(19)17(9(3)18)12(10)13(16-11)21-4/h7-8,14,19H,5-6H2,1-4H3/t8?,14-/m0/s1. The molecule has 2 atom stereocenters. The third-order valence-corrected chi connectivity index (χ3v) is 3.61. The van der Waals surface area contributed by atoms with Crippen LogP contribution in [0.3, 0.4) is 0 Å². The second-order valence-electron chi connectivity index (χ2n) is 5.23. The summed E-state index contributed by atoms with van der Waals surface area (Å²) in [6.45, 7) is 5.16. The van der Waals surface area contributed by atoms with Gasteiger partial charge in [-0.3, -0.25) is 9.69 Å². The minimum absolute atomic E-state index is 0.127. The zero-order valence-corrected chi connectivity index (χ0v) is 13.1. The molecule has 1 aromatic rings. The van der Waals surface area contributed by atoms with Gasteiger partial charge in [0.15, 0.2) is 5.69 Å². The third-order valence-electron chi connectivity index (χ3n) is 3.61. The SMILES string of the molecule is CCOC(=O)c1cc2c(c(OC)n1)N(C(C)=O)[C@@H](O)C(C)C2. The van der Waals surface area contributed by atoms with Gasteiger partial charge in [0.05, 0.1) is 13.7 Å². The number of aromatic nitrogens is 1. The van der Waals surface area contributed by atoms with Crippen molar-refractivity contribution in [3.05, 3.63) is 17.3 Å². The number of aliphatic hydroxyl groups is 1. The summed E-state index contributed by atoms with van der Waals surface area (Å²) in [7, 11) is 1.40. The average molecular weight is 308 g/mol. The van der Waals surface area contributed by atoms with Crippen molar-refractivity contribution in [2.24, 2.45) is 5.92 Å². The van der Waals surface area contributed by atoms with E-state index in [2.05, 4.69) is 4.98 Å². The van der Waals surface area contributed by atoms with Gasteiger partial charge in [-0.15, -0.1) is 0 Å². The molecule has 1 aliphatic rings. The topological polar surface area (TPSA) is 89.0 Å². The molecule has 0 aliphatic carbocycles. The van der Waals surface area contributed by atoms with Crippen molar-refractivity contribution in [1.29, 1.82) is 0 Å². The zero-order chi connectivity index (χ0) is 16.4. The van der Waals surface area contributed by atoms with Gasteiger partial charge in [-0.2, -0.15) is 0 Å². The average Bonchev–Trinajstić information content (AvgIpc) is 2.47. The molecule has 120 valence electrons. The smallest absolute Gasteiger partial charge is 0.357 e. The van der Waals surface area contributed by atoms with E-state index in [1.807, 2.05) is 6.92 Å². The molecule has 1 unspecified atom stereocenters. The minimum Gasteiger partial charge on any atom is -0.479 e. The molecule has 0 spiro atoms. The highest BCUT2D eigenvalue weighted by Crippen LogP contribution is 2.39. The maximum atomic E-state index is 11.9. The number of esters is 1. The van der Waals surface area contributed by atoms with E-state index in [0.717, 1.165) is 5.56 Å². The number of carbonyl (C=O) groups excluding carboxylic acids is 2. The largest absolute Gasteiger partial charge is 0.479 e. The Kier molecular flexibility index (Phi) is 4.65. The van der Waals surface area contributed by atoms with Gasteiger partial charge < -0.3 is 14.6 Å². The van der Waals surface area contributed by atoms with Gasteiger partial charge in [-0.25, -0.2) is 9.78 Å². The van der Waals surface area contributed by atoms with Gasteiger partial charge in [0.2, 0.25) is 11.8 Å². The van der Waals surface area contributed by atoms with Crippen LogP contribution in [0.25, 0.3) is 0 Å². The predicted molar refractivity (Wildman–Crippen MR) is 78.8 cm³/mol. The highest BCUT2D eigenvalue weighted by molar-refractivity contribution is 5.96. The third kappa shape index (κ3) is 2.76. The Morgan fingerprint density at radius 1 is 1.50 bits per heavy atom. The number of fused-ring (bicyclic) bond motifs is 1. The quantitative estimate of drug-likeness (QED) is 0.842. The number of methoxy groups -OCH3 is 1. The van der Waals surface area contributed by atoms with Gasteiger partial charge in [0, 0.05) is 12.8 Å². The van der Waals surface area contributed by atoms with Crippen LogP contribution in [0.1, 0.15) is 36.8 Å². The fraction of sp³-hybridized carbons (Fsp3) is 0.533. The van der Waals surface area contributed by atoms with Crippen molar-refractivity contribution in [1.82, 2.24) is 4.98 Å². The van der Waals surface area contributed by atoms with Crippen LogP contribution >= 0.6 is 0 Å². The van der Waals surface area contributed by atoms with Crippen molar-refractivity contribution < 1.29 is 24.2 Å². The van der Waals surface area contributed by atoms with Crippen LogP contribution in [-0.2, 0) is 16.0 Å². The molecule has 7 heteroatoms. The van der Waals surface area contributed by atoms with Gasteiger partial charge in [-0.1, -0.05) is 6.92 Å². The molecule has 1 amide bonds. The molecule has 2 rings (SSSR count). The number of nitrogens with zero attached hydrogens (tertiary/aromatic N) is 2. The molecule has 0 radical (unpaired) electrons. The Morgan fingerprint density at radius 3 is 2.73 bits per heavy atom. The van der Waals surface area contributed by atoms with Gasteiger partial charge in [0.25, 0.3) is 0 Å². The van der Waals surface area contributed by atoms with Crippen molar-refractivity contribution in [3.8, 4) is 5.88 Å². The lowest BCUT2D eigenvalue weighted by Gasteiger charge is -2.37. The molecule has 0 saturated carbocycles. The van der Waals surface area contributed by atoms with Crippen LogP contribution < -0.4 is 9.64 Å². The molecule has 1 N–H and O–H groups in total. The number of hydrogen-bond acceptors (Lipinski definition) is 6. The summed E-state index contributed by atoms with van der Waals surface area (Å²) in [5.41, 5.74) is 1.26. The summed E-state index contributed by atoms with van der Waals surface area (Å²) in [6.07, 6.45) is -0.444. The maximum Gasteiger partial charge on any atom is 0.357 e. The second kappa shape index (κ2) is 6.31. The molecule has 0 bridgehead atoms. The number of rotatable bonds is 3. The van der Waals surface area contributed by atoms with E-state index >= 15 is 0 Å². The first-order valence-corrected chi connectivity index (χ1v) is 7.13. The molecule has 0 fully saturated rings. The normalized spacial score (nSPS) is 20.3. The van der Waals surface area contributed by atoms with E-state index in [0.29, 0.717) is 12.1 Å². The first-order valence-electron chi connectivity index (χ1n) is 7.13. The first-order chi connectivity index (χ1) is 10.4. The van der Waals surface area contributed by atoms with E-state index in [1.165, 1.54) is 18.9 Å². The number of pyridine rings is 1. The number of ether oxygens (including phenoxy) is 2. The van der Waals surface area contributed by atoms with E-state index in [4.69, 9.17) is 9.47 Å². The number of hydrogen-bond donors (Lipinski definition) is 1. The fourth-order valence-corrected chi connectivity index (χ4v) is 2.61. The van der Waals surface area contributed by atoms with Crippen LogP contribution in [0.15, 0.2) is 6.07 Å². The van der Waals surface area contributed by atoms with E-state index < -0.39 is 12.2 Å². The van der Waals surface area contributed by atoms with Gasteiger partial charge in [0.1, 0.15) is 11.9 Å². The Morgan fingerprint density at radius 2 is 2.18 bits per heavy atom. The van der Waals surface area contributed by atoms with Crippen LogP contribution in [0.4, 0.5) is 5.69 Å². The number of amides is 1. The van der Waals surface area contributed by atoms with Crippen LogP contribution in [-0.4, -0.2) is 41.9 Å². The van der Waals surface area contributed by atoms with Crippen LogP contribution in [0, 0.1) is 5.92 Å². The van der Waals surface area contributed by atoms with Crippen molar-refractivity contribution >= 4 is 17.6 Å². The molecule has 0 aromatic carbocycles. The molecule has 2 heterocycles. The number of carbonyl (C=O) groups is 2. The minimum atomic E-state index is -0.950. The predicted octanol–water partition coefficient (Wildman–Crippen LogP) is 1.13. The molecular weight excluding hydrogens is 288 g/mol. The van der Waals surface area contributed by atoms with E-state index in [1.54, 1.807) is 13.0 Å². The highest BCUT2D eigenvalue weighted by atomic mass is 16.5. The summed E-state index contributed by atoms with van der Waals surface area (Å²) >= 11 is 0. The summed E-state index contributed by atoms with van der Waals surface area (Å²) in [5, 5.41) is 10.3. The summed E-state index contributed by atoms with van der Waals surface area (Å²) in [4.78, 5) is 29.2. The lowest BCUT2D eigenvalue weighted by atomic mass is 9.92. The molecule has 22 heavy (non-hydrogen) atoms. The lowest BCUT2D eigenvalue weighted by molar-refractivity contribution is -0.119. The van der Waals surface area contributed by atoms with E-state index in [-0.39, 0.29) is 30.0 Å². The summed E-state index contributed by atoms with van der Waals surface area (Å²) in [6, 6.07) is 1.59. The first kappa shape index (κ1) is 16.2. The van der Waals surface area contributed by atoms with Gasteiger partial charge >= 0.3 is 5.97 Å². The summed E-state index contributed by atoms with van der Waals surface area (Å²) < 4.78 is 10.2. The molecule has 1 aliphatic heterocycles. The van der Waals surface area contributed by atoms with Crippen molar-refractivity contribution in [3.63, 3.8) is 0 Å².